The quantitative estimate of drug-likeness (QED) is 0.430. The molecule has 2 N–H and O–H groups in total. The van der Waals surface area contributed by atoms with Crippen LogP contribution in [0.4, 0.5) is 0 Å². The van der Waals surface area contributed by atoms with E-state index in [4.69, 9.17) is 4.74 Å². The number of aliphatic hydroxyl groups excluding tert-OH is 2. The van der Waals surface area contributed by atoms with E-state index >= 15 is 0 Å². The maximum Gasteiger partial charge on any atom is 0.158 e. The molecule has 0 radical (unpaired) electrons. The summed E-state index contributed by atoms with van der Waals surface area (Å²) in [7, 11) is 0. The molecular formula is C31H52O3. The van der Waals surface area contributed by atoms with Crippen molar-refractivity contribution in [2.24, 2.45) is 51.2 Å². The average molecular weight is 473 g/mol. The van der Waals surface area contributed by atoms with Crippen molar-refractivity contribution in [2.45, 2.75) is 132 Å². The van der Waals surface area contributed by atoms with E-state index in [1.165, 1.54) is 38.5 Å². The van der Waals surface area contributed by atoms with E-state index in [0.717, 1.165) is 19.3 Å². The molecular weight excluding hydrogens is 420 g/mol. The van der Waals surface area contributed by atoms with Crippen molar-refractivity contribution in [1.82, 2.24) is 0 Å². The number of allylic oxidation sites excluding steroid dienone is 2. The lowest BCUT2D eigenvalue weighted by Gasteiger charge is -2.62. The number of rotatable bonds is 3. The summed E-state index contributed by atoms with van der Waals surface area (Å²) in [5.74, 6) is 2.47. The Balaban J connectivity index is 1.45. The molecule has 10 atom stereocenters. The molecule has 194 valence electrons. The van der Waals surface area contributed by atoms with Crippen molar-refractivity contribution in [2.75, 3.05) is 0 Å². The third-order valence-corrected chi connectivity index (χ3v) is 13.1. The van der Waals surface area contributed by atoms with Crippen LogP contribution in [0.2, 0.25) is 0 Å². The van der Waals surface area contributed by atoms with Crippen LogP contribution >= 0.6 is 0 Å². The van der Waals surface area contributed by atoms with Gasteiger partial charge in [-0.1, -0.05) is 66.5 Å². The van der Waals surface area contributed by atoms with Crippen LogP contribution in [-0.4, -0.2) is 28.7 Å². The second-order valence-electron chi connectivity index (χ2n) is 14.8. The van der Waals surface area contributed by atoms with Gasteiger partial charge in [-0.15, -0.1) is 0 Å². The Kier molecular flexibility index (Phi) is 5.99. The minimum atomic E-state index is -0.589. The Hall–Kier alpha value is -0.380. The first-order chi connectivity index (χ1) is 15.8. The number of hydrogen-bond acceptors (Lipinski definition) is 3. The molecule has 4 aliphatic carbocycles. The van der Waals surface area contributed by atoms with Gasteiger partial charge in [-0.25, -0.2) is 0 Å². The van der Waals surface area contributed by atoms with Crippen LogP contribution in [-0.2, 0) is 4.74 Å². The molecule has 0 amide bonds. The number of fused-ring (bicyclic) bond motifs is 4. The van der Waals surface area contributed by atoms with Crippen molar-refractivity contribution in [1.29, 1.82) is 0 Å². The fourth-order valence-corrected chi connectivity index (χ4v) is 10.5. The van der Waals surface area contributed by atoms with Crippen LogP contribution in [0.15, 0.2) is 11.1 Å². The Bertz CT molecular complexity index is 844. The summed E-state index contributed by atoms with van der Waals surface area (Å²) in [5.41, 5.74) is 4.46. The minimum Gasteiger partial charge on any atom is -0.393 e. The third kappa shape index (κ3) is 3.24. The smallest absolute Gasteiger partial charge is 0.158 e. The zero-order chi connectivity index (χ0) is 24.8. The van der Waals surface area contributed by atoms with Gasteiger partial charge in [-0.05, 0) is 103 Å². The van der Waals surface area contributed by atoms with Gasteiger partial charge >= 0.3 is 0 Å². The molecule has 0 spiro atoms. The Morgan fingerprint density at radius 3 is 2.21 bits per heavy atom. The molecule has 0 aromatic rings. The van der Waals surface area contributed by atoms with Crippen LogP contribution in [0.5, 0.6) is 0 Å². The molecule has 3 heteroatoms. The van der Waals surface area contributed by atoms with Crippen LogP contribution in [0.3, 0.4) is 0 Å². The van der Waals surface area contributed by atoms with E-state index in [2.05, 4.69) is 55.4 Å². The van der Waals surface area contributed by atoms with E-state index in [1.807, 2.05) is 5.57 Å². The van der Waals surface area contributed by atoms with Crippen LogP contribution in [0, 0.1) is 51.2 Å². The summed E-state index contributed by atoms with van der Waals surface area (Å²) in [4.78, 5) is 0. The van der Waals surface area contributed by atoms with Crippen LogP contribution in [0.25, 0.3) is 0 Å². The van der Waals surface area contributed by atoms with Crippen molar-refractivity contribution in [3.05, 3.63) is 11.1 Å². The monoisotopic (exact) mass is 472 g/mol. The summed E-state index contributed by atoms with van der Waals surface area (Å²) in [6.07, 6.45) is 10.1. The van der Waals surface area contributed by atoms with E-state index in [9.17, 15) is 10.2 Å². The second kappa shape index (κ2) is 8.06. The van der Waals surface area contributed by atoms with E-state index in [0.29, 0.717) is 29.1 Å². The maximum atomic E-state index is 10.9. The fraction of sp³-hybridized carbons (Fsp3) is 0.935. The summed E-state index contributed by atoms with van der Waals surface area (Å²) in [6, 6.07) is 0. The maximum absolute atomic E-state index is 10.9. The number of ether oxygens (including phenoxy) is 1. The summed E-state index contributed by atoms with van der Waals surface area (Å²) in [6.45, 7) is 19.3. The highest BCUT2D eigenvalue weighted by atomic mass is 16.6. The van der Waals surface area contributed by atoms with Gasteiger partial charge in [0.25, 0.3) is 0 Å². The zero-order valence-corrected chi connectivity index (χ0v) is 23.3. The van der Waals surface area contributed by atoms with E-state index in [1.54, 1.807) is 5.57 Å². The van der Waals surface area contributed by atoms with Crippen LogP contribution < -0.4 is 0 Å². The topological polar surface area (TPSA) is 49.7 Å². The minimum absolute atomic E-state index is 0.00745. The van der Waals surface area contributed by atoms with Gasteiger partial charge in [0.1, 0.15) is 0 Å². The number of hydrogen-bond donors (Lipinski definition) is 2. The third-order valence-electron chi connectivity index (χ3n) is 13.1. The zero-order valence-electron chi connectivity index (χ0n) is 23.3. The Morgan fingerprint density at radius 1 is 0.853 bits per heavy atom. The first-order valence-corrected chi connectivity index (χ1v) is 14.5. The lowest BCUT2D eigenvalue weighted by atomic mass is 9.43. The lowest BCUT2D eigenvalue weighted by molar-refractivity contribution is -0.134. The van der Waals surface area contributed by atoms with Gasteiger partial charge < -0.3 is 14.9 Å². The molecule has 5 aliphatic rings. The predicted octanol–water partition coefficient (Wildman–Crippen LogP) is 7.11. The molecule has 34 heavy (non-hydrogen) atoms. The van der Waals surface area contributed by atoms with Gasteiger partial charge in [0.15, 0.2) is 6.29 Å². The van der Waals surface area contributed by atoms with Gasteiger partial charge in [-0.2, -0.15) is 0 Å². The largest absolute Gasteiger partial charge is 0.393 e. The second-order valence-corrected chi connectivity index (χ2v) is 14.8. The van der Waals surface area contributed by atoms with Crippen molar-refractivity contribution in [3.63, 3.8) is 0 Å². The van der Waals surface area contributed by atoms with Crippen molar-refractivity contribution >= 4 is 0 Å². The van der Waals surface area contributed by atoms with Crippen molar-refractivity contribution in [3.8, 4) is 0 Å². The Labute approximate surface area is 209 Å². The molecule has 1 saturated heterocycles. The highest BCUT2D eigenvalue weighted by Crippen LogP contribution is 2.72. The molecule has 1 unspecified atom stereocenters. The summed E-state index contributed by atoms with van der Waals surface area (Å²) in [5, 5.41) is 21.4. The van der Waals surface area contributed by atoms with Gasteiger partial charge in [0.05, 0.1) is 12.2 Å². The van der Waals surface area contributed by atoms with Gasteiger partial charge in [-0.3, -0.25) is 0 Å². The number of aliphatic hydroxyl groups is 2. The Morgan fingerprint density at radius 2 is 1.56 bits per heavy atom. The molecule has 3 fully saturated rings. The fourth-order valence-electron chi connectivity index (χ4n) is 10.5. The standard InChI is InChI=1S/C31H52O3/c1-18(2)20-17-24(34-27(20)33)19(3)21-11-15-31(8)23-9-10-25-28(4,5)26(32)13-14-29(25,6)22(23)12-16-30(21,31)7/h18-21,24-27,32-33H,9-17H2,1-8H3/t19-,20+,21+,24-,25?,26-,27-,29+,30+,31-/m0/s1. The van der Waals surface area contributed by atoms with E-state index in [-0.39, 0.29) is 34.4 Å². The van der Waals surface area contributed by atoms with E-state index < -0.39 is 6.29 Å². The first kappa shape index (κ1) is 25.3. The molecule has 3 nitrogen and oxygen atoms in total. The molecule has 0 aromatic heterocycles. The van der Waals surface area contributed by atoms with Gasteiger partial charge in [0, 0.05) is 5.92 Å². The molecule has 2 saturated carbocycles. The summed E-state index contributed by atoms with van der Waals surface area (Å²) < 4.78 is 6.21. The van der Waals surface area contributed by atoms with Gasteiger partial charge in [0.2, 0.25) is 0 Å². The normalized spacial score (nSPS) is 51.3. The molecule has 1 aliphatic heterocycles. The first-order valence-electron chi connectivity index (χ1n) is 14.5. The highest BCUT2D eigenvalue weighted by molar-refractivity contribution is 5.38. The highest BCUT2D eigenvalue weighted by Gasteiger charge is 2.64. The molecule has 0 aromatic carbocycles. The summed E-state index contributed by atoms with van der Waals surface area (Å²) >= 11 is 0. The SMILES string of the molecule is CC(C)[C@H]1C[C@@H]([C@@H](C)[C@H]2CC[C@@]3(C)C4=C(CC[C@]23C)[C@@]2(C)CC[C@H](O)C(C)(C)C2CC4)O[C@@H]1O. The molecule has 1 heterocycles. The predicted molar refractivity (Wildman–Crippen MR) is 138 cm³/mol. The molecule has 0 bridgehead atoms. The molecule has 5 rings (SSSR count). The van der Waals surface area contributed by atoms with Crippen LogP contribution in [0.1, 0.15) is 113 Å². The van der Waals surface area contributed by atoms with Crippen molar-refractivity contribution < 1.29 is 14.9 Å². The lowest BCUT2D eigenvalue weighted by Crippen LogP contribution is -2.55. The average Bonchev–Trinajstić information content (AvgIpc) is 3.28.